The number of nitrogens with zero attached hydrogens (tertiary/aromatic N) is 1. The highest BCUT2D eigenvalue weighted by atomic mass is 32.2. The van der Waals surface area contributed by atoms with Crippen LogP contribution in [0.25, 0.3) is 10.8 Å². The number of amides is 3. The van der Waals surface area contributed by atoms with Gasteiger partial charge in [0.25, 0.3) is 5.91 Å². The van der Waals surface area contributed by atoms with Crippen LogP contribution in [0.3, 0.4) is 0 Å². The van der Waals surface area contributed by atoms with Crippen LogP contribution in [0.2, 0.25) is 18.1 Å². The summed E-state index contributed by atoms with van der Waals surface area (Å²) in [7, 11) is -4.73. The summed E-state index contributed by atoms with van der Waals surface area (Å²) in [6.45, 7) is 18.6. The molecule has 12 nitrogen and oxygen atoms in total. The Morgan fingerprint density at radius 1 is 0.721 bits per heavy atom. The first-order valence-electron chi connectivity index (χ1n) is 23.4. The van der Waals surface area contributed by atoms with Crippen LogP contribution in [-0.2, 0) is 48.3 Å². The molecule has 0 bridgehead atoms. The van der Waals surface area contributed by atoms with Crippen LogP contribution in [0.15, 0.2) is 121 Å². The Labute approximate surface area is 404 Å². The van der Waals surface area contributed by atoms with Crippen molar-refractivity contribution in [3.8, 4) is 0 Å². The topological polar surface area (TPSA) is 160 Å². The third kappa shape index (κ3) is 14.8. The SMILES string of the molecule is CC(C)C[C@H](NC(=O)c1cccc(N(C)S(=O)(=O)CCc2cccc3ccccc23)c1)[C@H](C[C@@H](C)C(=O)N[C@@H](C)C(=O)NCc1ccc(C(=O)OCc2ccccc2)cc1)O[Si](C)(C)C(C)(C)C. The van der Waals surface area contributed by atoms with Crippen LogP contribution in [0.1, 0.15) is 98.7 Å². The maximum absolute atomic E-state index is 14.2. The molecule has 0 aliphatic heterocycles. The number of carbonyl (C=O) groups is 4. The van der Waals surface area contributed by atoms with Crippen molar-refractivity contribution in [1.29, 1.82) is 0 Å². The largest absolute Gasteiger partial charge is 0.457 e. The standard InChI is InChI=1S/C54H70N4O8SSi/c1-37(2)32-48(57-52(61)45-23-17-24-46(34-45)58(8)67(63,64)31-30-43-22-16-21-42-20-14-15-25-47(42)43)49(66-68(9,10)54(5,6)7)33-38(3)50(59)56-39(4)51(60)55-35-40-26-28-44(29-27-40)53(62)65-36-41-18-12-11-13-19-41/h11-29,34,37-39,48-49H,30-33,35-36H2,1-10H3,(H,55,60)(H,56,59)(H,57,61)/t38-,39+,48+,49+/m1/s1. The van der Waals surface area contributed by atoms with Crippen LogP contribution in [0, 0.1) is 11.8 Å². The number of anilines is 1. The van der Waals surface area contributed by atoms with E-state index in [1.54, 1.807) is 62.4 Å². The Kier molecular flexibility index (Phi) is 18.3. The van der Waals surface area contributed by atoms with Crippen molar-refractivity contribution in [1.82, 2.24) is 16.0 Å². The first-order chi connectivity index (χ1) is 32.0. The molecule has 5 rings (SSSR count). The zero-order valence-electron chi connectivity index (χ0n) is 41.3. The predicted molar refractivity (Wildman–Crippen MR) is 274 cm³/mol. The summed E-state index contributed by atoms with van der Waals surface area (Å²) >= 11 is 0. The number of nitrogens with one attached hydrogen (secondary N) is 3. The maximum atomic E-state index is 14.2. The minimum Gasteiger partial charge on any atom is -0.457 e. The quantitative estimate of drug-likeness (QED) is 0.0457. The summed E-state index contributed by atoms with van der Waals surface area (Å²) < 4.78 is 41.1. The smallest absolute Gasteiger partial charge is 0.338 e. The Hall–Kier alpha value is -5.83. The number of fused-ring (bicyclic) bond motifs is 1. The first kappa shape index (κ1) is 53.1. The Balaban J connectivity index is 1.23. The van der Waals surface area contributed by atoms with Gasteiger partial charge in [-0.25, -0.2) is 13.2 Å². The van der Waals surface area contributed by atoms with Gasteiger partial charge in [-0.2, -0.15) is 0 Å². The molecular weight excluding hydrogens is 893 g/mol. The fourth-order valence-electron chi connectivity index (χ4n) is 7.59. The Bertz CT molecular complexity index is 2610. The molecule has 3 N–H and O–H groups in total. The van der Waals surface area contributed by atoms with E-state index < -0.39 is 48.4 Å². The molecule has 5 aromatic rings. The molecule has 0 spiro atoms. The summed E-state index contributed by atoms with van der Waals surface area (Å²) in [5, 5.41) is 10.9. The van der Waals surface area contributed by atoms with Gasteiger partial charge in [-0.1, -0.05) is 133 Å². The summed E-state index contributed by atoms with van der Waals surface area (Å²) in [6, 6.07) is 35.2. The molecule has 14 heteroatoms. The molecule has 364 valence electrons. The molecular formula is C54H70N4O8SSi. The van der Waals surface area contributed by atoms with E-state index in [0.717, 1.165) is 27.5 Å². The molecule has 0 radical (unpaired) electrons. The lowest BCUT2D eigenvalue weighted by Crippen LogP contribution is -2.53. The van der Waals surface area contributed by atoms with Gasteiger partial charge in [0.05, 0.1) is 29.1 Å². The van der Waals surface area contributed by atoms with Crippen LogP contribution >= 0.6 is 0 Å². The van der Waals surface area contributed by atoms with Crippen LogP contribution in [-0.4, -0.2) is 71.4 Å². The molecule has 0 saturated carbocycles. The normalized spacial score (nSPS) is 13.8. The van der Waals surface area contributed by atoms with Crippen LogP contribution in [0.5, 0.6) is 0 Å². The van der Waals surface area contributed by atoms with Gasteiger partial charge in [-0.3, -0.25) is 18.7 Å². The lowest BCUT2D eigenvalue weighted by atomic mass is 9.92. The third-order valence-corrected chi connectivity index (χ3v) is 19.1. The zero-order valence-corrected chi connectivity index (χ0v) is 43.1. The number of rotatable bonds is 22. The summed E-state index contributed by atoms with van der Waals surface area (Å²) in [5.74, 6) is -2.11. The van der Waals surface area contributed by atoms with Gasteiger partial charge in [-0.15, -0.1) is 0 Å². The predicted octanol–water partition coefficient (Wildman–Crippen LogP) is 9.59. The fourth-order valence-corrected chi connectivity index (χ4v) is 10.1. The highest BCUT2D eigenvalue weighted by Crippen LogP contribution is 2.39. The van der Waals surface area contributed by atoms with Gasteiger partial charge in [0, 0.05) is 25.1 Å². The highest BCUT2D eigenvalue weighted by molar-refractivity contribution is 7.92. The Morgan fingerprint density at radius 2 is 1.37 bits per heavy atom. The number of sulfonamides is 1. The maximum Gasteiger partial charge on any atom is 0.338 e. The van der Waals surface area contributed by atoms with Gasteiger partial charge in [0.2, 0.25) is 21.8 Å². The first-order valence-corrected chi connectivity index (χ1v) is 28.0. The van der Waals surface area contributed by atoms with Gasteiger partial charge < -0.3 is 25.1 Å². The lowest BCUT2D eigenvalue weighted by molar-refractivity contribution is -0.131. The molecule has 0 unspecified atom stereocenters. The molecule has 0 aromatic heterocycles. The van der Waals surface area contributed by atoms with Crippen molar-refractivity contribution in [2.24, 2.45) is 11.8 Å². The number of aryl methyl sites for hydroxylation is 1. The zero-order chi connectivity index (χ0) is 49.8. The van der Waals surface area contributed by atoms with Crippen molar-refractivity contribution in [2.45, 2.75) is 117 Å². The summed E-state index contributed by atoms with van der Waals surface area (Å²) in [6.07, 6.45) is 0.584. The molecule has 0 heterocycles. The molecule has 0 fully saturated rings. The number of esters is 1. The Morgan fingerprint density at radius 3 is 2.04 bits per heavy atom. The second-order valence-corrected chi connectivity index (χ2v) is 26.6. The van der Waals surface area contributed by atoms with Gasteiger partial charge in [-0.05, 0) is 108 Å². The van der Waals surface area contributed by atoms with E-state index in [-0.39, 0.29) is 54.0 Å². The fraction of sp³-hybridized carbons (Fsp3) is 0.407. The molecule has 3 amide bonds. The van der Waals surface area contributed by atoms with Crippen LogP contribution in [0.4, 0.5) is 5.69 Å². The van der Waals surface area contributed by atoms with E-state index in [0.29, 0.717) is 29.7 Å². The molecule has 0 saturated heterocycles. The molecule has 0 aliphatic rings. The number of hydrogen-bond acceptors (Lipinski definition) is 8. The van der Waals surface area contributed by atoms with E-state index in [2.05, 4.69) is 63.7 Å². The minimum atomic E-state index is -3.77. The van der Waals surface area contributed by atoms with Crippen molar-refractivity contribution in [2.75, 3.05) is 17.1 Å². The van der Waals surface area contributed by atoms with Crippen molar-refractivity contribution < 1.29 is 36.8 Å². The number of hydrogen-bond donors (Lipinski definition) is 3. The number of benzene rings is 5. The van der Waals surface area contributed by atoms with Gasteiger partial charge >= 0.3 is 5.97 Å². The van der Waals surface area contributed by atoms with Crippen molar-refractivity contribution in [3.63, 3.8) is 0 Å². The van der Waals surface area contributed by atoms with E-state index in [9.17, 15) is 27.6 Å². The second kappa shape index (κ2) is 23.5. The van der Waals surface area contributed by atoms with Gasteiger partial charge in [0.1, 0.15) is 12.6 Å². The molecule has 5 aromatic carbocycles. The monoisotopic (exact) mass is 962 g/mol. The lowest BCUT2D eigenvalue weighted by Gasteiger charge is -2.42. The van der Waals surface area contributed by atoms with Crippen molar-refractivity contribution in [3.05, 3.63) is 149 Å². The number of ether oxygens (including phenoxy) is 1. The summed E-state index contributed by atoms with van der Waals surface area (Å²) in [5.41, 5.74) is 3.65. The van der Waals surface area contributed by atoms with E-state index >= 15 is 0 Å². The van der Waals surface area contributed by atoms with Crippen LogP contribution < -0.4 is 20.3 Å². The third-order valence-electron chi connectivity index (χ3n) is 12.8. The van der Waals surface area contributed by atoms with Crippen molar-refractivity contribution >= 4 is 58.5 Å². The summed E-state index contributed by atoms with van der Waals surface area (Å²) in [4.78, 5) is 53.8. The van der Waals surface area contributed by atoms with E-state index in [1.165, 1.54) is 11.4 Å². The van der Waals surface area contributed by atoms with E-state index in [4.69, 9.17) is 9.16 Å². The minimum absolute atomic E-state index is 0.114. The number of carbonyl (C=O) groups excluding carboxylic acids is 4. The molecule has 0 aliphatic carbocycles. The molecule has 4 atom stereocenters. The van der Waals surface area contributed by atoms with Gasteiger partial charge in [0.15, 0.2) is 8.32 Å². The second-order valence-electron chi connectivity index (χ2n) is 19.7. The molecule has 68 heavy (non-hydrogen) atoms. The average Bonchev–Trinajstić information content (AvgIpc) is 3.30. The average molecular weight is 963 g/mol. The highest BCUT2D eigenvalue weighted by Gasteiger charge is 2.42. The van der Waals surface area contributed by atoms with E-state index in [1.807, 2.05) is 72.8 Å².